The predicted molar refractivity (Wildman–Crippen MR) is 87.3 cm³/mol. The Morgan fingerprint density at radius 3 is 2.52 bits per heavy atom. The summed E-state index contributed by atoms with van der Waals surface area (Å²) in [5.41, 5.74) is 1.33. The van der Waals surface area contributed by atoms with Crippen molar-refractivity contribution < 1.29 is 4.42 Å². The van der Waals surface area contributed by atoms with E-state index in [2.05, 4.69) is 73.8 Å². The first kappa shape index (κ1) is 13.9. The number of aryl methyl sites for hydroxylation is 1. The smallest absolute Gasteiger partial charge is 0.117 e. The molecule has 0 aliphatic rings. The Kier molecular flexibility index (Phi) is 4.07. The van der Waals surface area contributed by atoms with Gasteiger partial charge in [0.1, 0.15) is 11.5 Å². The van der Waals surface area contributed by atoms with Crippen LogP contribution in [0.3, 0.4) is 0 Å². The first-order chi connectivity index (χ1) is 10.3. The highest BCUT2D eigenvalue weighted by Gasteiger charge is 2.09. The molecule has 0 bridgehead atoms. The third-order valence-corrected chi connectivity index (χ3v) is 3.94. The number of nitrogens with one attached hydrogen (secondary N) is 1. The average Bonchev–Trinajstić information content (AvgIpc) is 3.00. The number of furan rings is 1. The molecule has 0 aliphatic carbocycles. The minimum atomic E-state index is 0.284. The molecule has 0 radical (unpaired) electrons. The van der Waals surface area contributed by atoms with Gasteiger partial charge in [0.15, 0.2) is 0 Å². The molecule has 1 heterocycles. The van der Waals surface area contributed by atoms with Crippen molar-refractivity contribution >= 4 is 10.8 Å². The lowest BCUT2D eigenvalue weighted by atomic mass is 10.00. The molecule has 21 heavy (non-hydrogen) atoms. The molecule has 108 valence electrons. The third kappa shape index (κ3) is 3.01. The molecule has 3 rings (SSSR count). The van der Waals surface area contributed by atoms with Crippen LogP contribution in [-0.2, 0) is 13.0 Å². The zero-order valence-electron chi connectivity index (χ0n) is 12.6. The lowest BCUT2D eigenvalue weighted by Gasteiger charge is -2.16. The van der Waals surface area contributed by atoms with Crippen molar-refractivity contribution in [3.8, 4) is 0 Å². The van der Waals surface area contributed by atoms with Gasteiger partial charge in [0.2, 0.25) is 0 Å². The molecule has 0 amide bonds. The van der Waals surface area contributed by atoms with Crippen molar-refractivity contribution in [2.75, 3.05) is 0 Å². The van der Waals surface area contributed by atoms with Gasteiger partial charge in [0.25, 0.3) is 0 Å². The molecule has 1 N–H and O–H groups in total. The zero-order chi connectivity index (χ0) is 14.7. The lowest BCUT2D eigenvalue weighted by molar-refractivity contribution is 0.436. The van der Waals surface area contributed by atoms with Crippen LogP contribution in [0.4, 0.5) is 0 Å². The number of fused-ring (bicyclic) bond motifs is 1. The van der Waals surface area contributed by atoms with E-state index in [1.165, 1.54) is 16.3 Å². The van der Waals surface area contributed by atoms with Gasteiger partial charge in [0, 0.05) is 12.5 Å². The van der Waals surface area contributed by atoms with Crippen LogP contribution in [-0.4, -0.2) is 0 Å². The molecule has 2 heteroatoms. The van der Waals surface area contributed by atoms with Crippen LogP contribution in [0.15, 0.2) is 59.0 Å². The largest absolute Gasteiger partial charge is 0.465 e. The summed E-state index contributed by atoms with van der Waals surface area (Å²) in [5, 5.41) is 6.15. The lowest BCUT2D eigenvalue weighted by Crippen LogP contribution is -2.18. The zero-order valence-corrected chi connectivity index (χ0v) is 12.6. The maximum atomic E-state index is 5.74. The van der Waals surface area contributed by atoms with Crippen molar-refractivity contribution in [1.82, 2.24) is 5.32 Å². The fourth-order valence-corrected chi connectivity index (χ4v) is 2.70. The molecule has 2 aromatic carbocycles. The topological polar surface area (TPSA) is 25.2 Å². The summed E-state index contributed by atoms with van der Waals surface area (Å²) in [6, 6.07) is 19.4. The third-order valence-electron chi connectivity index (χ3n) is 3.94. The Hall–Kier alpha value is -2.06. The van der Waals surface area contributed by atoms with Gasteiger partial charge in [-0.25, -0.2) is 0 Å². The molecule has 0 saturated carbocycles. The van der Waals surface area contributed by atoms with Crippen LogP contribution in [0.25, 0.3) is 10.8 Å². The van der Waals surface area contributed by atoms with E-state index in [1.54, 1.807) is 0 Å². The number of benzene rings is 2. The number of hydrogen-bond donors (Lipinski definition) is 1. The summed E-state index contributed by atoms with van der Waals surface area (Å²) in [6.45, 7) is 5.06. The summed E-state index contributed by atoms with van der Waals surface area (Å²) in [5.74, 6) is 2.04. The van der Waals surface area contributed by atoms with Gasteiger partial charge in [-0.2, -0.15) is 0 Å². The Morgan fingerprint density at radius 1 is 0.952 bits per heavy atom. The first-order valence-electron chi connectivity index (χ1n) is 7.56. The summed E-state index contributed by atoms with van der Waals surface area (Å²) in [6.07, 6.45) is 0.943. The average molecular weight is 279 g/mol. The highest BCUT2D eigenvalue weighted by atomic mass is 16.3. The SMILES string of the molecule is CCc1ccc(CNC(C)c2cccc3ccccc23)o1. The van der Waals surface area contributed by atoms with Crippen LogP contribution < -0.4 is 5.32 Å². The highest BCUT2D eigenvalue weighted by molar-refractivity contribution is 5.86. The molecule has 0 fully saturated rings. The van der Waals surface area contributed by atoms with Crippen LogP contribution in [0, 0.1) is 0 Å². The molecule has 0 aliphatic heterocycles. The molecule has 1 aromatic heterocycles. The maximum absolute atomic E-state index is 5.74. The second-order valence-electron chi connectivity index (χ2n) is 5.39. The monoisotopic (exact) mass is 279 g/mol. The molecule has 2 nitrogen and oxygen atoms in total. The van der Waals surface area contributed by atoms with Crippen molar-refractivity contribution in [3.63, 3.8) is 0 Å². The van der Waals surface area contributed by atoms with Gasteiger partial charge in [-0.15, -0.1) is 0 Å². The molecular formula is C19H21NO. The Bertz CT molecular complexity index is 724. The van der Waals surface area contributed by atoms with E-state index >= 15 is 0 Å². The van der Waals surface area contributed by atoms with Crippen LogP contribution in [0.1, 0.15) is 37.0 Å². The Labute approximate surface area is 125 Å². The summed E-state index contributed by atoms with van der Waals surface area (Å²) < 4.78 is 5.74. The van der Waals surface area contributed by atoms with E-state index in [4.69, 9.17) is 4.42 Å². The van der Waals surface area contributed by atoms with E-state index < -0.39 is 0 Å². The molecule has 0 spiro atoms. The molecule has 3 aromatic rings. The minimum absolute atomic E-state index is 0.284. The molecule has 1 unspecified atom stereocenters. The van der Waals surface area contributed by atoms with Crippen molar-refractivity contribution in [3.05, 3.63) is 71.7 Å². The minimum Gasteiger partial charge on any atom is -0.465 e. The summed E-state index contributed by atoms with van der Waals surface area (Å²) in [4.78, 5) is 0. The normalized spacial score (nSPS) is 12.7. The van der Waals surface area contributed by atoms with Crippen molar-refractivity contribution in [2.45, 2.75) is 32.9 Å². The predicted octanol–water partition coefficient (Wildman–Crippen LogP) is 4.85. The quantitative estimate of drug-likeness (QED) is 0.722. The van der Waals surface area contributed by atoms with Crippen LogP contribution in [0.2, 0.25) is 0 Å². The van der Waals surface area contributed by atoms with Gasteiger partial charge in [-0.1, -0.05) is 49.4 Å². The fourth-order valence-electron chi connectivity index (χ4n) is 2.70. The Balaban J connectivity index is 1.76. The molecular weight excluding hydrogens is 258 g/mol. The van der Waals surface area contributed by atoms with E-state index in [-0.39, 0.29) is 6.04 Å². The fraction of sp³-hybridized carbons (Fsp3) is 0.263. The van der Waals surface area contributed by atoms with Gasteiger partial charge >= 0.3 is 0 Å². The van der Waals surface area contributed by atoms with E-state index in [1.807, 2.05) is 0 Å². The number of rotatable bonds is 5. The highest BCUT2D eigenvalue weighted by Crippen LogP contribution is 2.24. The number of hydrogen-bond acceptors (Lipinski definition) is 2. The van der Waals surface area contributed by atoms with Crippen LogP contribution >= 0.6 is 0 Å². The van der Waals surface area contributed by atoms with Crippen LogP contribution in [0.5, 0.6) is 0 Å². The standard InChI is InChI=1S/C19H21NO/c1-3-16-11-12-17(21-16)13-20-14(2)18-10-6-8-15-7-4-5-9-19(15)18/h4-12,14,20H,3,13H2,1-2H3. The Morgan fingerprint density at radius 2 is 1.71 bits per heavy atom. The van der Waals surface area contributed by atoms with Gasteiger partial charge < -0.3 is 9.73 Å². The van der Waals surface area contributed by atoms with Gasteiger partial charge in [-0.05, 0) is 35.4 Å². The molecule has 0 saturated heterocycles. The van der Waals surface area contributed by atoms with Gasteiger partial charge in [-0.3, -0.25) is 0 Å². The first-order valence-corrected chi connectivity index (χ1v) is 7.56. The van der Waals surface area contributed by atoms with Gasteiger partial charge in [0.05, 0.1) is 6.54 Å². The van der Waals surface area contributed by atoms with E-state index in [0.717, 1.165) is 24.5 Å². The van der Waals surface area contributed by atoms with E-state index in [0.29, 0.717) is 0 Å². The van der Waals surface area contributed by atoms with Crippen molar-refractivity contribution in [2.24, 2.45) is 0 Å². The maximum Gasteiger partial charge on any atom is 0.117 e. The second kappa shape index (κ2) is 6.15. The van der Waals surface area contributed by atoms with Crippen molar-refractivity contribution in [1.29, 1.82) is 0 Å². The van der Waals surface area contributed by atoms with E-state index in [9.17, 15) is 0 Å². The molecule has 1 atom stereocenters. The summed E-state index contributed by atoms with van der Waals surface area (Å²) in [7, 11) is 0. The summed E-state index contributed by atoms with van der Waals surface area (Å²) >= 11 is 0. The second-order valence-corrected chi connectivity index (χ2v) is 5.39.